The van der Waals surface area contributed by atoms with Gasteiger partial charge >= 0.3 is 18.3 Å². The topological polar surface area (TPSA) is 106 Å². The molecule has 0 spiro atoms. The molecule has 216 valence electrons. The first-order valence-corrected chi connectivity index (χ1v) is 13.7. The van der Waals surface area contributed by atoms with Gasteiger partial charge < -0.3 is 24.8 Å². The first kappa shape index (κ1) is 29.5. The average Bonchev–Trinajstić information content (AvgIpc) is 2.95. The van der Waals surface area contributed by atoms with Crippen molar-refractivity contribution in [1.82, 2.24) is 15.5 Å². The molecule has 3 aromatic carbocycles. The summed E-state index contributed by atoms with van der Waals surface area (Å²) in [5, 5.41) is 5.76. The summed E-state index contributed by atoms with van der Waals surface area (Å²) >= 11 is 0. The molecular formula is C32H37N3O6. The van der Waals surface area contributed by atoms with Gasteiger partial charge in [0.1, 0.15) is 25.0 Å². The van der Waals surface area contributed by atoms with Crippen LogP contribution in [0.25, 0.3) is 0 Å². The molecule has 9 nitrogen and oxygen atoms in total. The number of amides is 3. The molecular weight excluding hydrogens is 522 g/mol. The van der Waals surface area contributed by atoms with Gasteiger partial charge in [0.05, 0.1) is 6.04 Å². The first-order valence-electron chi connectivity index (χ1n) is 13.7. The van der Waals surface area contributed by atoms with Crippen LogP contribution in [0.1, 0.15) is 56.3 Å². The Morgan fingerprint density at radius 3 is 1.73 bits per heavy atom. The van der Waals surface area contributed by atoms with Gasteiger partial charge in [0.2, 0.25) is 0 Å². The second-order valence-corrected chi connectivity index (χ2v) is 10.9. The Morgan fingerprint density at radius 2 is 1.22 bits per heavy atom. The minimum absolute atomic E-state index is 0.0709. The summed E-state index contributed by atoms with van der Waals surface area (Å²) in [5.74, 6) is 0. The van der Waals surface area contributed by atoms with Gasteiger partial charge in [-0.2, -0.15) is 0 Å². The summed E-state index contributed by atoms with van der Waals surface area (Å²) in [6.07, 6.45) is -2.06. The van der Waals surface area contributed by atoms with Crippen molar-refractivity contribution < 1.29 is 28.6 Å². The molecule has 0 bridgehead atoms. The number of likely N-dealkylation sites (tertiary alicyclic amines) is 1. The van der Waals surface area contributed by atoms with Crippen LogP contribution in [0.4, 0.5) is 14.4 Å². The number of carbonyl (C=O) groups is 3. The molecule has 0 unspecified atom stereocenters. The van der Waals surface area contributed by atoms with E-state index in [1.807, 2.05) is 91.0 Å². The highest BCUT2D eigenvalue weighted by Gasteiger charge is 2.42. The number of ether oxygens (including phenoxy) is 3. The summed E-state index contributed by atoms with van der Waals surface area (Å²) in [7, 11) is 0. The van der Waals surface area contributed by atoms with Crippen molar-refractivity contribution >= 4 is 18.3 Å². The highest BCUT2D eigenvalue weighted by molar-refractivity contribution is 5.73. The second-order valence-electron chi connectivity index (χ2n) is 10.9. The van der Waals surface area contributed by atoms with Gasteiger partial charge in [-0.15, -0.1) is 0 Å². The van der Waals surface area contributed by atoms with Crippen LogP contribution in [0, 0.1) is 0 Å². The SMILES string of the molecule is CC(C)(C)OC(=O)N1[C@@H](NC(=O)OCc2ccccc2)C[C@H](NC(=O)OCc2ccccc2)C[C@H]1c1ccccc1. The van der Waals surface area contributed by atoms with Crippen LogP contribution in [-0.4, -0.2) is 41.0 Å². The summed E-state index contributed by atoms with van der Waals surface area (Å²) in [4.78, 5) is 40.8. The number of benzene rings is 3. The van der Waals surface area contributed by atoms with Crippen LogP contribution in [0.5, 0.6) is 0 Å². The zero-order chi connectivity index (χ0) is 29.2. The summed E-state index contributed by atoms with van der Waals surface area (Å²) in [6, 6.07) is 27.2. The maximum Gasteiger partial charge on any atom is 0.412 e. The predicted octanol–water partition coefficient (Wildman–Crippen LogP) is 6.31. The minimum atomic E-state index is -0.827. The number of hydrogen-bond acceptors (Lipinski definition) is 6. The third-order valence-electron chi connectivity index (χ3n) is 6.51. The first-order chi connectivity index (χ1) is 19.7. The maximum atomic E-state index is 13.6. The average molecular weight is 560 g/mol. The lowest BCUT2D eigenvalue weighted by Crippen LogP contribution is -2.60. The lowest BCUT2D eigenvalue weighted by molar-refractivity contribution is -0.0164. The fourth-order valence-corrected chi connectivity index (χ4v) is 4.70. The summed E-state index contributed by atoms with van der Waals surface area (Å²) < 4.78 is 16.7. The predicted molar refractivity (Wildman–Crippen MR) is 154 cm³/mol. The van der Waals surface area contributed by atoms with Crippen molar-refractivity contribution in [2.75, 3.05) is 0 Å². The molecule has 3 atom stereocenters. The number of piperidine rings is 1. The normalized spacial score (nSPS) is 18.6. The number of alkyl carbamates (subject to hydrolysis) is 2. The van der Waals surface area contributed by atoms with E-state index >= 15 is 0 Å². The fraction of sp³-hybridized carbons (Fsp3) is 0.344. The van der Waals surface area contributed by atoms with Crippen molar-refractivity contribution in [2.24, 2.45) is 0 Å². The summed E-state index contributed by atoms with van der Waals surface area (Å²) in [5.41, 5.74) is 1.78. The van der Waals surface area contributed by atoms with E-state index in [1.54, 1.807) is 20.8 Å². The molecule has 1 aliphatic rings. The van der Waals surface area contributed by atoms with Crippen molar-refractivity contribution in [3.05, 3.63) is 108 Å². The van der Waals surface area contributed by atoms with E-state index in [2.05, 4.69) is 10.6 Å². The molecule has 0 saturated carbocycles. The summed E-state index contributed by atoms with van der Waals surface area (Å²) in [6.45, 7) is 5.56. The van der Waals surface area contributed by atoms with E-state index < -0.39 is 42.1 Å². The molecule has 0 aliphatic carbocycles. The number of carbonyl (C=O) groups excluding carboxylic acids is 3. The van der Waals surface area contributed by atoms with Gasteiger partial charge in [0.15, 0.2) is 0 Å². The highest BCUT2D eigenvalue weighted by Crippen LogP contribution is 2.35. The van der Waals surface area contributed by atoms with Gasteiger partial charge in [-0.05, 0) is 43.9 Å². The highest BCUT2D eigenvalue weighted by atomic mass is 16.6. The van der Waals surface area contributed by atoms with E-state index in [0.29, 0.717) is 6.42 Å². The lowest BCUT2D eigenvalue weighted by Gasteiger charge is -2.45. The Balaban J connectivity index is 1.54. The zero-order valence-electron chi connectivity index (χ0n) is 23.6. The molecule has 1 saturated heterocycles. The van der Waals surface area contributed by atoms with Crippen molar-refractivity contribution in [2.45, 2.75) is 70.7 Å². The van der Waals surface area contributed by atoms with E-state index in [1.165, 1.54) is 4.90 Å². The van der Waals surface area contributed by atoms with Crippen molar-refractivity contribution in [1.29, 1.82) is 0 Å². The van der Waals surface area contributed by atoms with Crippen LogP contribution in [0.3, 0.4) is 0 Å². The van der Waals surface area contributed by atoms with Crippen LogP contribution in [0.2, 0.25) is 0 Å². The molecule has 1 fully saturated rings. The quantitative estimate of drug-likeness (QED) is 0.329. The van der Waals surface area contributed by atoms with Crippen LogP contribution in [-0.2, 0) is 27.4 Å². The van der Waals surface area contributed by atoms with E-state index in [0.717, 1.165) is 16.7 Å². The second kappa shape index (κ2) is 13.7. The monoisotopic (exact) mass is 559 g/mol. The zero-order valence-corrected chi connectivity index (χ0v) is 23.6. The smallest absolute Gasteiger partial charge is 0.412 e. The van der Waals surface area contributed by atoms with Gasteiger partial charge in [0.25, 0.3) is 0 Å². The number of rotatable bonds is 7. The van der Waals surface area contributed by atoms with Gasteiger partial charge in [-0.3, -0.25) is 4.90 Å². The number of hydrogen-bond donors (Lipinski definition) is 2. The molecule has 3 amide bonds. The molecule has 1 heterocycles. The molecule has 9 heteroatoms. The van der Waals surface area contributed by atoms with Gasteiger partial charge in [0, 0.05) is 12.5 Å². The molecule has 0 aromatic heterocycles. The minimum Gasteiger partial charge on any atom is -0.445 e. The molecule has 41 heavy (non-hydrogen) atoms. The Bertz CT molecular complexity index is 1280. The molecule has 2 N–H and O–H groups in total. The molecule has 3 aromatic rings. The Morgan fingerprint density at radius 1 is 0.732 bits per heavy atom. The molecule has 1 aliphatic heterocycles. The van der Waals surface area contributed by atoms with E-state index in [4.69, 9.17) is 14.2 Å². The van der Waals surface area contributed by atoms with Crippen molar-refractivity contribution in [3.63, 3.8) is 0 Å². The van der Waals surface area contributed by atoms with Crippen LogP contribution in [0.15, 0.2) is 91.0 Å². The molecule has 0 radical (unpaired) electrons. The van der Waals surface area contributed by atoms with Gasteiger partial charge in [-0.25, -0.2) is 14.4 Å². The van der Waals surface area contributed by atoms with E-state index in [9.17, 15) is 14.4 Å². The maximum absolute atomic E-state index is 13.6. The Hall–Kier alpha value is -4.53. The Labute approximate surface area is 240 Å². The number of nitrogens with one attached hydrogen (secondary N) is 2. The lowest BCUT2D eigenvalue weighted by atomic mass is 9.90. The van der Waals surface area contributed by atoms with Crippen LogP contribution < -0.4 is 10.6 Å². The van der Waals surface area contributed by atoms with Crippen molar-refractivity contribution in [3.8, 4) is 0 Å². The third kappa shape index (κ3) is 8.99. The standard InChI is InChI=1S/C32H37N3O6/c1-32(2,3)41-31(38)35-27(25-17-11-6-12-18-25)19-26(33-29(36)39-21-23-13-7-4-8-14-23)20-28(35)34-30(37)40-22-24-15-9-5-10-16-24/h4-18,26-28H,19-22H2,1-3H3,(H,33,36)(H,34,37)/t26-,27+,28-/m1/s1. The third-order valence-corrected chi connectivity index (χ3v) is 6.51. The largest absolute Gasteiger partial charge is 0.445 e. The Kier molecular flexibility index (Phi) is 9.84. The molecule has 4 rings (SSSR count). The number of nitrogens with zero attached hydrogens (tertiary/aromatic N) is 1. The fourth-order valence-electron chi connectivity index (χ4n) is 4.70. The van der Waals surface area contributed by atoms with Gasteiger partial charge in [-0.1, -0.05) is 91.0 Å². The van der Waals surface area contributed by atoms with E-state index in [-0.39, 0.29) is 19.6 Å². The van der Waals surface area contributed by atoms with Crippen LogP contribution >= 0.6 is 0 Å².